The Morgan fingerprint density at radius 3 is 2.64 bits per heavy atom. The van der Waals surface area contributed by atoms with Crippen LogP contribution in [0, 0.1) is 17.0 Å². The summed E-state index contributed by atoms with van der Waals surface area (Å²) in [7, 11) is -3.79. The van der Waals surface area contributed by atoms with Gasteiger partial charge in [-0.15, -0.1) is 12.4 Å². The normalized spacial score (nSPS) is 19.5. The van der Waals surface area contributed by atoms with Crippen LogP contribution in [0.1, 0.15) is 12.5 Å². The minimum Gasteiger partial charge on any atom is -0.312 e. The number of hydrogen-bond acceptors (Lipinski definition) is 5. The SMILES string of the molecule is Cc1c(Cl)cc(S(=O)(=O)N2CCNC(C)C2)cc1[N+](=O)[O-].Cl. The molecule has 1 aromatic carbocycles. The van der Waals surface area contributed by atoms with Crippen LogP contribution in [0.15, 0.2) is 17.0 Å². The van der Waals surface area contributed by atoms with Gasteiger partial charge in [0.15, 0.2) is 0 Å². The second-order valence-electron chi connectivity index (χ2n) is 5.02. The first-order valence-corrected chi connectivity index (χ1v) is 8.23. The molecule has 0 bridgehead atoms. The molecule has 10 heteroatoms. The zero-order valence-corrected chi connectivity index (χ0v) is 14.5. The van der Waals surface area contributed by atoms with Crippen LogP contribution in [-0.4, -0.2) is 43.3 Å². The molecule has 1 aliphatic heterocycles. The van der Waals surface area contributed by atoms with Crippen LogP contribution in [0.5, 0.6) is 0 Å². The third kappa shape index (κ3) is 3.69. The number of nitrogens with one attached hydrogen (secondary N) is 1. The molecule has 7 nitrogen and oxygen atoms in total. The highest BCUT2D eigenvalue weighted by atomic mass is 35.5. The third-order valence-corrected chi connectivity index (χ3v) is 5.69. The fraction of sp³-hybridized carbons (Fsp3) is 0.500. The van der Waals surface area contributed by atoms with E-state index in [9.17, 15) is 18.5 Å². The van der Waals surface area contributed by atoms with Crippen molar-refractivity contribution in [3.05, 3.63) is 32.8 Å². The molecule has 0 aliphatic carbocycles. The van der Waals surface area contributed by atoms with E-state index in [1.54, 1.807) is 0 Å². The Balaban J connectivity index is 0.00000242. The predicted molar refractivity (Wildman–Crippen MR) is 86.3 cm³/mol. The average molecular weight is 370 g/mol. The fourth-order valence-electron chi connectivity index (χ4n) is 2.24. The van der Waals surface area contributed by atoms with E-state index in [0.717, 1.165) is 6.07 Å². The van der Waals surface area contributed by atoms with Gasteiger partial charge in [0, 0.05) is 37.3 Å². The van der Waals surface area contributed by atoms with Crippen molar-refractivity contribution in [1.29, 1.82) is 0 Å². The molecular formula is C12H17Cl2N3O4S. The number of hydrogen-bond donors (Lipinski definition) is 1. The van der Waals surface area contributed by atoms with Crippen LogP contribution >= 0.6 is 24.0 Å². The lowest BCUT2D eigenvalue weighted by Crippen LogP contribution is -2.51. The van der Waals surface area contributed by atoms with Gasteiger partial charge < -0.3 is 5.32 Å². The van der Waals surface area contributed by atoms with Crippen molar-refractivity contribution >= 4 is 39.7 Å². The Kier molecular flexibility index (Phi) is 6.17. The molecule has 0 radical (unpaired) electrons. The van der Waals surface area contributed by atoms with E-state index in [4.69, 9.17) is 11.6 Å². The standard InChI is InChI=1S/C12H16ClN3O4S.ClH/c1-8-7-15(4-3-14-8)21(19,20)10-5-11(13)9(2)12(6-10)16(17)18;/h5-6,8,14H,3-4,7H2,1-2H3;1H. The Morgan fingerprint density at radius 1 is 1.45 bits per heavy atom. The summed E-state index contributed by atoms with van der Waals surface area (Å²) in [5.41, 5.74) is -0.0291. The summed E-state index contributed by atoms with van der Waals surface area (Å²) in [4.78, 5) is 10.2. The van der Waals surface area contributed by atoms with Crippen LogP contribution in [0.25, 0.3) is 0 Å². The molecule has 1 fully saturated rings. The second kappa shape index (κ2) is 7.10. The van der Waals surface area contributed by atoms with E-state index < -0.39 is 14.9 Å². The molecule has 0 saturated carbocycles. The van der Waals surface area contributed by atoms with Crippen molar-refractivity contribution in [2.75, 3.05) is 19.6 Å². The number of rotatable bonds is 3. The molecule has 1 aliphatic rings. The van der Waals surface area contributed by atoms with E-state index in [-0.39, 0.29) is 39.6 Å². The molecule has 0 amide bonds. The van der Waals surface area contributed by atoms with Crippen molar-refractivity contribution in [2.24, 2.45) is 0 Å². The fourth-order valence-corrected chi connectivity index (χ4v) is 4.10. The molecule has 1 atom stereocenters. The van der Waals surface area contributed by atoms with Crippen molar-refractivity contribution in [2.45, 2.75) is 24.8 Å². The summed E-state index contributed by atoms with van der Waals surface area (Å²) in [5, 5.41) is 14.2. The first kappa shape index (κ1) is 19.1. The molecule has 124 valence electrons. The van der Waals surface area contributed by atoms with Gasteiger partial charge in [-0.2, -0.15) is 4.31 Å². The van der Waals surface area contributed by atoms with Crippen LogP contribution in [0.4, 0.5) is 5.69 Å². The van der Waals surface area contributed by atoms with Crippen molar-refractivity contribution < 1.29 is 13.3 Å². The topological polar surface area (TPSA) is 92.6 Å². The van der Waals surface area contributed by atoms with Gasteiger partial charge in [0.25, 0.3) is 5.69 Å². The van der Waals surface area contributed by atoms with Crippen molar-refractivity contribution in [1.82, 2.24) is 9.62 Å². The van der Waals surface area contributed by atoms with Crippen LogP contribution in [0.3, 0.4) is 0 Å². The van der Waals surface area contributed by atoms with Gasteiger partial charge in [0.1, 0.15) is 0 Å². The summed E-state index contributed by atoms with van der Waals surface area (Å²) in [6.07, 6.45) is 0. The number of nitrogens with zero attached hydrogens (tertiary/aromatic N) is 2. The highest BCUT2D eigenvalue weighted by molar-refractivity contribution is 7.89. The van der Waals surface area contributed by atoms with Crippen LogP contribution in [-0.2, 0) is 10.0 Å². The maximum absolute atomic E-state index is 12.6. The molecular weight excluding hydrogens is 353 g/mol. The Bertz CT molecular complexity index is 681. The van der Waals surface area contributed by atoms with Gasteiger partial charge in [-0.25, -0.2) is 8.42 Å². The van der Waals surface area contributed by atoms with Crippen molar-refractivity contribution in [3.8, 4) is 0 Å². The van der Waals surface area contributed by atoms with E-state index in [0.29, 0.717) is 19.6 Å². The van der Waals surface area contributed by atoms with E-state index in [2.05, 4.69) is 5.32 Å². The molecule has 0 spiro atoms. The largest absolute Gasteiger partial charge is 0.312 e. The van der Waals surface area contributed by atoms with Crippen LogP contribution < -0.4 is 5.32 Å². The summed E-state index contributed by atoms with van der Waals surface area (Å²) >= 11 is 5.94. The molecule has 1 unspecified atom stereocenters. The molecule has 1 heterocycles. The Morgan fingerprint density at radius 2 is 2.09 bits per heavy atom. The zero-order valence-electron chi connectivity index (χ0n) is 12.1. The van der Waals surface area contributed by atoms with Gasteiger partial charge in [-0.3, -0.25) is 10.1 Å². The maximum Gasteiger partial charge on any atom is 0.275 e. The molecule has 1 N–H and O–H groups in total. The van der Waals surface area contributed by atoms with Gasteiger partial charge in [0.05, 0.1) is 14.8 Å². The van der Waals surface area contributed by atoms with Gasteiger partial charge in [0.2, 0.25) is 10.0 Å². The number of benzene rings is 1. The lowest BCUT2D eigenvalue weighted by Gasteiger charge is -2.31. The summed E-state index contributed by atoms with van der Waals surface area (Å²) in [6.45, 7) is 4.56. The molecule has 0 aromatic heterocycles. The van der Waals surface area contributed by atoms with Gasteiger partial charge >= 0.3 is 0 Å². The van der Waals surface area contributed by atoms with E-state index >= 15 is 0 Å². The van der Waals surface area contributed by atoms with Gasteiger partial charge in [-0.05, 0) is 19.9 Å². The van der Waals surface area contributed by atoms with Crippen molar-refractivity contribution in [3.63, 3.8) is 0 Å². The number of halogens is 2. The maximum atomic E-state index is 12.6. The smallest absolute Gasteiger partial charge is 0.275 e. The number of piperazine rings is 1. The molecule has 1 saturated heterocycles. The number of nitro groups is 1. The van der Waals surface area contributed by atoms with E-state index in [1.807, 2.05) is 6.92 Å². The molecule has 2 rings (SSSR count). The Hall–Kier alpha value is -0.930. The first-order valence-electron chi connectivity index (χ1n) is 6.41. The first-order chi connectivity index (χ1) is 9.73. The number of sulfonamides is 1. The average Bonchev–Trinajstić information content (AvgIpc) is 2.41. The minimum absolute atomic E-state index is 0. The quantitative estimate of drug-likeness (QED) is 0.649. The lowest BCUT2D eigenvalue weighted by molar-refractivity contribution is -0.385. The summed E-state index contributed by atoms with van der Waals surface area (Å²) in [5.74, 6) is 0. The predicted octanol–water partition coefficient (Wildman–Crippen LogP) is 1.96. The Labute approximate surface area is 140 Å². The van der Waals surface area contributed by atoms with E-state index in [1.165, 1.54) is 17.3 Å². The van der Waals surface area contributed by atoms with Crippen LogP contribution in [0.2, 0.25) is 5.02 Å². The zero-order chi connectivity index (χ0) is 15.8. The molecule has 22 heavy (non-hydrogen) atoms. The van der Waals surface area contributed by atoms with Gasteiger partial charge in [-0.1, -0.05) is 11.6 Å². The highest BCUT2D eigenvalue weighted by Crippen LogP contribution is 2.31. The summed E-state index contributed by atoms with van der Waals surface area (Å²) < 4.78 is 26.5. The second-order valence-corrected chi connectivity index (χ2v) is 7.37. The monoisotopic (exact) mass is 369 g/mol. The molecule has 1 aromatic rings. The third-order valence-electron chi connectivity index (χ3n) is 3.46. The minimum atomic E-state index is -3.79. The lowest BCUT2D eigenvalue weighted by atomic mass is 10.2. The highest BCUT2D eigenvalue weighted by Gasteiger charge is 2.30. The summed E-state index contributed by atoms with van der Waals surface area (Å²) in [6, 6.07) is 2.37. The number of nitro benzene ring substituents is 1.